The maximum absolute atomic E-state index is 12.7. The lowest BCUT2D eigenvalue weighted by Crippen LogP contribution is -2.24. The van der Waals surface area contributed by atoms with Gasteiger partial charge in [0.2, 0.25) is 5.88 Å². The van der Waals surface area contributed by atoms with Crippen LogP contribution in [-0.4, -0.2) is 25.2 Å². The molecule has 4 nitrogen and oxygen atoms in total. The zero-order chi connectivity index (χ0) is 14.3. The number of ether oxygens (including phenoxy) is 2. The Morgan fingerprint density at radius 3 is 2.42 bits per heavy atom. The van der Waals surface area contributed by atoms with E-state index < -0.39 is 23.1 Å². The topological polar surface area (TPSA) is 48.4 Å². The maximum Gasteiger partial charge on any atom is 0.417 e. The molecule has 1 aliphatic carbocycles. The molecule has 1 saturated carbocycles. The van der Waals surface area contributed by atoms with Crippen LogP contribution < -0.4 is 4.74 Å². The zero-order valence-corrected chi connectivity index (χ0v) is 10.4. The van der Waals surface area contributed by atoms with E-state index >= 15 is 0 Å². The number of carbonyl (C=O) groups excluding carboxylic acids is 1. The van der Waals surface area contributed by atoms with Crippen LogP contribution in [0.4, 0.5) is 13.2 Å². The summed E-state index contributed by atoms with van der Waals surface area (Å²) in [5.74, 6) is -0.539. The van der Waals surface area contributed by atoms with Gasteiger partial charge in [-0.1, -0.05) is 0 Å². The molecule has 0 unspecified atom stereocenters. The number of pyridine rings is 1. The summed E-state index contributed by atoms with van der Waals surface area (Å²) in [6, 6.07) is 0.912. The molecular formula is C12H12F3NO3. The van der Waals surface area contributed by atoms with Gasteiger partial charge in [-0.15, -0.1) is 0 Å². The van der Waals surface area contributed by atoms with Gasteiger partial charge in [-0.2, -0.15) is 13.2 Å². The lowest BCUT2D eigenvalue weighted by atomic mass is 9.95. The minimum absolute atomic E-state index is 0.0240. The third kappa shape index (κ3) is 2.24. The molecule has 0 aromatic carbocycles. The van der Waals surface area contributed by atoms with E-state index in [9.17, 15) is 18.0 Å². The van der Waals surface area contributed by atoms with Crippen LogP contribution in [0.1, 0.15) is 24.0 Å². The van der Waals surface area contributed by atoms with Crippen molar-refractivity contribution in [1.82, 2.24) is 4.98 Å². The fraction of sp³-hybridized carbons (Fsp3) is 0.500. The Morgan fingerprint density at radius 1 is 1.37 bits per heavy atom. The number of methoxy groups -OCH3 is 2. The highest BCUT2D eigenvalue weighted by Gasteiger charge is 2.55. The number of hydrogen-bond acceptors (Lipinski definition) is 4. The summed E-state index contributed by atoms with van der Waals surface area (Å²) in [6.45, 7) is 0. The van der Waals surface area contributed by atoms with Crippen molar-refractivity contribution in [2.24, 2.45) is 0 Å². The van der Waals surface area contributed by atoms with E-state index in [1.165, 1.54) is 14.2 Å². The van der Waals surface area contributed by atoms with Crippen molar-refractivity contribution in [2.45, 2.75) is 24.4 Å². The third-order valence-electron chi connectivity index (χ3n) is 3.21. The van der Waals surface area contributed by atoms with Gasteiger partial charge >= 0.3 is 12.1 Å². The molecule has 0 saturated heterocycles. The highest BCUT2D eigenvalue weighted by Crippen LogP contribution is 2.52. The number of esters is 1. The Balaban J connectivity index is 2.52. The normalized spacial score (nSPS) is 16.9. The molecule has 1 aromatic rings. The number of hydrogen-bond donors (Lipinski definition) is 0. The minimum atomic E-state index is -4.51. The van der Waals surface area contributed by atoms with Crippen LogP contribution in [-0.2, 0) is 21.1 Å². The second kappa shape index (κ2) is 4.40. The predicted octanol–water partition coefficient (Wildman–Crippen LogP) is 2.31. The molecular weight excluding hydrogens is 263 g/mol. The van der Waals surface area contributed by atoms with Gasteiger partial charge in [0, 0.05) is 11.8 Å². The summed E-state index contributed by atoms with van der Waals surface area (Å²) < 4.78 is 47.7. The summed E-state index contributed by atoms with van der Waals surface area (Å²) >= 11 is 0. The molecule has 0 bridgehead atoms. The molecule has 1 heterocycles. The van der Waals surface area contributed by atoms with Crippen LogP contribution in [0.25, 0.3) is 0 Å². The molecule has 104 valence electrons. The molecule has 0 aliphatic heterocycles. The van der Waals surface area contributed by atoms with Crippen LogP contribution >= 0.6 is 0 Å². The van der Waals surface area contributed by atoms with Gasteiger partial charge < -0.3 is 9.47 Å². The van der Waals surface area contributed by atoms with Crippen LogP contribution in [0.3, 0.4) is 0 Å². The molecule has 0 radical (unpaired) electrons. The van der Waals surface area contributed by atoms with E-state index in [2.05, 4.69) is 9.72 Å². The van der Waals surface area contributed by atoms with Gasteiger partial charge in [0.25, 0.3) is 0 Å². The minimum Gasteiger partial charge on any atom is -0.481 e. The second-order valence-electron chi connectivity index (χ2n) is 4.35. The lowest BCUT2D eigenvalue weighted by molar-refractivity contribution is -0.144. The molecule has 1 aliphatic rings. The monoisotopic (exact) mass is 275 g/mol. The van der Waals surface area contributed by atoms with E-state index in [1.807, 2.05) is 0 Å². The molecule has 0 amide bonds. The van der Waals surface area contributed by atoms with E-state index in [0.29, 0.717) is 19.0 Å². The average molecular weight is 275 g/mol. The summed E-state index contributed by atoms with van der Waals surface area (Å²) in [5.41, 5.74) is -1.82. The average Bonchev–Trinajstić information content (AvgIpc) is 3.17. The van der Waals surface area contributed by atoms with Crippen molar-refractivity contribution < 1.29 is 27.4 Å². The first kappa shape index (κ1) is 13.6. The standard InChI is InChI=1S/C12H12F3NO3/c1-18-9-8(11(3-4-11)10(17)19-2)5-7(6-16-9)12(13,14)15/h5-6H,3-4H2,1-2H3. The van der Waals surface area contributed by atoms with Crippen molar-refractivity contribution >= 4 is 5.97 Å². The van der Waals surface area contributed by atoms with Gasteiger partial charge in [0.1, 0.15) is 0 Å². The number of nitrogens with zero attached hydrogens (tertiary/aromatic N) is 1. The van der Waals surface area contributed by atoms with E-state index in [1.54, 1.807) is 0 Å². The third-order valence-corrected chi connectivity index (χ3v) is 3.21. The van der Waals surface area contributed by atoms with Crippen molar-refractivity contribution in [2.75, 3.05) is 14.2 Å². The lowest BCUT2D eigenvalue weighted by Gasteiger charge is -2.17. The maximum atomic E-state index is 12.7. The first-order valence-corrected chi connectivity index (χ1v) is 5.55. The molecule has 2 rings (SSSR count). The molecule has 0 N–H and O–H groups in total. The van der Waals surface area contributed by atoms with E-state index in [4.69, 9.17) is 4.74 Å². The Morgan fingerprint density at radius 2 is 2.00 bits per heavy atom. The zero-order valence-electron chi connectivity index (χ0n) is 10.4. The number of carbonyl (C=O) groups is 1. The smallest absolute Gasteiger partial charge is 0.417 e. The van der Waals surface area contributed by atoms with Gasteiger partial charge in [-0.25, -0.2) is 4.98 Å². The van der Waals surface area contributed by atoms with Crippen molar-refractivity contribution in [3.63, 3.8) is 0 Å². The first-order chi connectivity index (χ1) is 8.85. The van der Waals surface area contributed by atoms with Crippen LogP contribution in [0.2, 0.25) is 0 Å². The molecule has 1 aromatic heterocycles. The second-order valence-corrected chi connectivity index (χ2v) is 4.35. The van der Waals surface area contributed by atoms with Crippen molar-refractivity contribution in [1.29, 1.82) is 0 Å². The van der Waals surface area contributed by atoms with E-state index in [0.717, 1.165) is 6.07 Å². The van der Waals surface area contributed by atoms with Crippen LogP contribution in [0, 0.1) is 0 Å². The van der Waals surface area contributed by atoms with Gasteiger partial charge in [0.05, 0.1) is 25.2 Å². The molecule has 0 spiro atoms. The number of halogens is 3. The number of aromatic nitrogens is 1. The summed E-state index contributed by atoms with van der Waals surface area (Å²) in [7, 11) is 2.50. The molecule has 7 heteroatoms. The molecule has 0 atom stereocenters. The van der Waals surface area contributed by atoms with Crippen molar-refractivity contribution in [3.05, 3.63) is 23.4 Å². The number of alkyl halides is 3. The van der Waals surface area contributed by atoms with Crippen molar-refractivity contribution in [3.8, 4) is 5.88 Å². The van der Waals surface area contributed by atoms with Crippen LogP contribution in [0.15, 0.2) is 12.3 Å². The summed E-state index contributed by atoms with van der Waals surface area (Å²) in [6.07, 6.45) is -2.96. The van der Waals surface area contributed by atoms with Crippen LogP contribution in [0.5, 0.6) is 5.88 Å². The molecule has 19 heavy (non-hydrogen) atoms. The van der Waals surface area contributed by atoms with Gasteiger partial charge in [-0.05, 0) is 18.9 Å². The molecule has 1 fully saturated rings. The van der Waals surface area contributed by atoms with E-state index in [-0.39, 0.29) is 11.4 Å². The van der Waals surface area contributed by atoms with Gasteiger partial charge in [0.15, 0.2) is 0 Å². The largest absolute Gasteiger partial charge is 0.481 e. The fourth-order valence-electron chi connectivity index (χ4n) is 2.02. The Bertz CT molecular complexity index is 509. The highest BCUT2D eigenvalue weighted by molar-refractivity contribution is 5.87. The predicted molar refractivity (Wildman–Crippen MR) is 58.7 cm³/mol. The Kier molecular flexibility index (Phi) is 3.15. The quantitative estimate of drug-likeness (QED) is 0.794. The summed E-state index contributed by atoms with van der Waals surface area (Å²) in [4.78, 5) is 15.4. The first-order valence-electron chi connectivity index (χ1n) is 5.55. The SMILES string of the molecule is COC(=O)C1(c2cc(C(F)(F)F)cnc2OC)CC1. The summed E-state index contributed by atoms with van der Waals surface area (Å²) in [5, 5.41) is 0. The fourth-order valence-corrected chi connectivity index (χ4v) is 2.02. The highest BCUT2D eigenvalue weighted by atomic mass is 19.4. The van der Waals surface area contributed by atoms with Gasteiger partial charge in [-0.3, -0.25) is 4.79 Å². The Hall–Kier alpha value is -1.79. The Labute approximate surface area is 107 Å². The number of rotatable bonds is 3.